The number of hydrogen-bond acceptors (Lipinski definition) is 2. The van der Waals surface area contributed by atoms with E-state index in [-0.39, 0.29) is 18.3 Å². The highest BCUT2D eigenvalue weighted by Crippen LogP contribution is 2.20. The van der Waals surface area contributed by atoms with E-state index in [1.54, 1.807) is 0 Å². The molecule has 2 rings (SSSR count). The molecule has 1 saturated heterocycles. The van der Waals surface area contributed by atoms with Crippen LogP contribution < -0.4 is 5.32 Å². The third-order valence-corrected chi connectivity index (χ3v) is 3.99. The number of amides is 1. The van der Waals surface area contributed by atoms with E-state index in [0.717, 1.165) is 36.0 Å². The van der Waals surface area contributed by atoms with Crippen LogP contribution in [-0.2, 0) is 0 Å². The maximum absolute atomic E-state index is 12.3. The van der Waals surface area contributed by atoms with Gasteiger partial charge >= 0.3 is 0 Å². The standard InChI is InChI=1S/C13H17BrN2O.ClH/c1-15-10-6-8-16(9-7-10)13(17)11-4-2-3-5-12(11)14;/h2-5,10,15H,6-9H2,1H3;1H. The number of piperidine rings is 1. The van der Waals surface area contributed by atoms with Crippen LogP contribution in [0.1, 0.15) is 23.2 Å². The number of rotatable bonds is 2. The molecule has 0 atom stereocenters. The number of nitrogens with one attached hydrogen (secondary N) is 1. The molecule has 1 aliphatic rings. The summed E-state index contributed by atoms with van der Waals surface area (Å²) in [6, 6.07) is 8.16. The molecule has 3 nitrogen and oxygen atoms in total. The second-order valence-corrected chi connectivity index (χ2v) is 5.19. The van der Waals surface area contributed by atoms with E-state index in [1.165, 1.54) is 0 Å². The summed E-state index contributed by atoms with van der Waals surface area (Å²) in [6.07, 6.45) is 2.07. The van der Waals surface area contributed by atoms with Gasteiger partial charge < -0.3 is 10.2 Å². The first-order chi connectivity index (χ1) is 8.22. The van der Waals surface area contributed by atoms with Crippen LogP contribution in [0, 0.1) is 0 Å². The van der Waals surface area contributed by atoms with Crippen molar-refractivity contribution in [2.24, 2.45) is 0 Å². The Balaban J connectivity index is 0.00000162. The molecule has 1 aliphatic heterocycles. The normalized spacial score (nSPS) is 16.2. The number of carbonyl (C=O) groups excluding carboxylic acids is 1. The van der Waals surface area contributed by atoms with E-state index in [2.05, 4.69) is 21.2 Å². The zero-order chi connectivity index (χ0) is 12.3. The van der Waals surface area contributed by atoms with Gasteiger partial charge in [0, 0.05) is 23.6 Å². The minimum Gasteiger partial charge on any atom is -0.338 e. The van der Waals surface area contributed by atoms with E-state index in [4.69, 9.17) is 0 Å². The van der Waals surface area contributed by atoms with Gasteiger partial charge in [0.1, 0.15) is 0 Å². The van der Waals surface area contributed by atoms with Crippen molar-refractivity contribution in [1.82, 2.24) is 10.2 Å². The van der Waals surface area contributed by atoms with Crippen molar-refractivity contribution in [2.75, 3.05) is 20.1 Å². The smallest absolute Gasteiger partial charge is 0.254 e. The van der Waals surface area contributed by atoms with E-state index in [0.29, 0.717) is 6.04 Å². The van der Waals surface area contributed by atoms with Crippen molar-refractivity contribution in [3.8, 4) is 0 Å². The molecule has 1 N–H and O–H groups in total. The number of likely N-dealkylation sites (tertiary alicyclic amines) is 1. The summed E-state index contributed by atoms with van der Waals surface area (Å²) in [7, 11) is 1.98. The van der Waals surface area contributed by atoms with Crippen LogP contribution >= 0.6 is 28.3 Å². The van der Waals surface area contributed by atoms with Crippen LogP contribution in [0.25, 0.3) is 0 Å². The topological polar surface area (TPSA) is 32.3 Å². The van der Waals surface area contributed by atoms with E-state index >= 15 is 0 Å². The molecule has 1 amide bonds. The number of benzene rings is 1. The van der Waals surface area contributed by atoms with Crippen molar-refractivity contribution in [3.63, 3.8) is 0 Å². The molecule has 0 bridgehead atoms. The monoisotopic (exact) mass is 332 g/mol. The predicted molar refractivity (Wildman–Crippen MR) is 79.4 cm³/mol. The van der Waals surface area contributed by atoms with Crippen molar-refractivity contribution >= 4 is 34.2 Å². The van der Waals surface area contributed by atoms with Crippen molar-refractivity contribution in [2.45, 2.75) is 18.9 Å². The Morgan fingerprint density at radius 3 is 2.50 bits per heavy atom. The molecular weight excluding hydrogens is 316 g/mol. The summed E-state index contributed by atoms with van der Waals surface area (Å²) < 4.78 is 0.876. The third kappa shape index (κ3) is 3.46. The number of hydrogen-bond donors (Lipinski definition) is 1. The fourth-order valence-electron chi connectivity index (χ4n) is 2.18. The lowest BCUT2D eigenvalue weighted by Crippen LogP contribution is -2.44. The van der Waals surface area contributed by atoms with Gasteiger partial charge in [-0.05, 0) is 48.0 Å². The molecule has 100 valence electrons. The van der Waals surface area contributed by atoms with E-state index in [9.17, 15) is 4.79 Å². The average Bonchev–Trinajstić information content (AvgIpc) is 2.39. The molecule has 5 heteroatoms. The third-order valence-electron chi connectivity index (χ3n) is 3.29. The molecular formula is C13H18BrClN2O. The Morgan fingerprint density at radius 1 is 1.33 bits per heavy atom. The molecule has 1 aromatic rings. The first kappa shape index (κ1) is 15.5. The van der Waals surface area contributed by atoms with Crippen LogP contribution in [0.3, 0.4) is 0 Å². The number of carbonyl (C=O) groups is 1. The molecule has 0 spiro atoms. The molecule has 1 fully saturated rings. The van der Waals surface area contributed by atoms with Gasteiger partial charge in [0.05, 0.1) is 5.56 Å². The molecule has 0 unspecified atom stereocenters. The highest BCUT2D eigenvalue weighted by molar-refractivity contribution is 9.10. The second-order valence-electron chi connectivity index (χ2n) is 4.33. The Bertz CT molecular complexity index is 406. The van der Waals surface area contributed by atoms with Crippen LogP contribution in [0.5, 0.6) is 0 Å². The summed E-state index contributed by atoms with van der Waals surface area (Å²) in [5.74, 6) is 0.132. The highest BCUT2D eigenvalue weighted by atomic mass is 79.9. The van der Waals surface area contributed by atoms with Gasteiger partial charge in [-0.2, -0.15) is 0 Å². The van der Waals surface area contributed by atoms with Crippen molar-refractivity contribution in [3.05, 3.63) is 34.3 Å². The largest absolute Gasteiger partial charge is 0.338 e. The maximum atomic E-state index is 12.3. The zero-order valence-corrected chi connectivity index (χ0v) is 12.8. The van der Waals surface area contributed by atoms with Gasteiger partial charge in [-0.1, -0.05) is 12.1 Å². The van der Waals surface area contributed by atoms with Gasteiger partial charge in [0.15, 0.2) is 0 Å². The highest BCUT2D eigenvalue weighted by Gasteiger charge is 2.23. The lowest BCUT2D eigenvalue weighted by atomic mass is 10.0. The summed E-state index contributed by atoms with van der Waals surface area (Å²) in [4.78, 5) is 14.2. The second kappa shape index (κ2) is 7.12. The molecule has 0 radical (unpaired) electrons. The Morgan fingerprint density at radius 2 is 1.94 bits per heavy atom. The lowest BCUT2D eigenvalue weighted by molar-refractivity contribution is 0.0706. The fraction of sp³-hybridized carbons (Fsp3) is 0.462. The molecule has 0 aromatic heterocycles. The fourth-order valence-corrected chi connectivity index (χ4v) is 2.63. The van der Waals surface area contributed by atoms with E-state index < -0.39 is 0 Å². The SMILES string of the molecule is CNC1CCN(C(=O)c2ccccc2Br)CC1.Cl. The maximum Gasteiger partial charge on any atom is 0.254 e. The van der Waals surface area contributed by atoms with E-state index in [1.807, 2.05) is 36.2 Å². The summed E-state index contributed by atoms with van der Waals surface area (Å²) >= 11 is 3.43. The molecule has 1 heterocycles. The Hall–Kier alpha value is -0.580. The van der Waals surface area contributed by atoms with Crippen LogP contribution in [-0.4, -0.2) is 37.0 Å². The molecule has 0 saturated carbocycles. The number of nitrogens with zero attached hydrogens (tertiary/aromatic N) is 1. The summed E-state index contributed by atoms with van der Waals surface area (Å²) in [6.45, 7) is 1.68. The summed E-state index contributed by atoms with van der Waals surface area (Å²) in [5.41, 5.74) is 0.760. The van der Waals surface area contributed by atoms with Crippen LogP contribution in [0.4, 0.5) is 0 Å². The van der Waals surface area contributed by atoms with Gasteiger partial charge in [0.2, 0.25) is 0 Å². The minimum absolute atomic E-state index is 0. The first-order valence-electron chi connectivity index (χ1n) is 5.93. The van der Waals surface area contributed by atoms with Gasteiger partial charge in [0.25, 0.3) is 5.91 Å². The minimum atomic E-state index is 0. The first-order valence-corrected chi connectivity index (χ1v) is 6.72. The van der Waals surface area contributed by atoms with Crippen molar-refractivity contribution < 1.29 is 4.79 Å². The van der Waals surface area contributed by atoms with Crippen molar-refractivity contribution in [1.29, 1.82) is 0 Å². The molecule has 0 aliphatic carbocycles. The summed E-state index contributed by atoms with van der Waals surface area (Å²) in [5, 5.41) is 3.27. The Kier molecular flexibility index (Phi) is 6.12. The lowest BCUT2D eigenvalue weighted by Gasteiger charge is -2.32. The molecule has 18 heavy (non-hydrogen) atoms. The molecule has 1 aromatic carbocycles. The van der Waals surface area contributed by atoms with Gasteiger partial charge in [-0.15, -0.1) is 12.4 Å². The van der Waals surface area contributed by atoms with Gasteiger partial charge in [-0.25, -0.2) is 0 Å². The van der Waals surface area contributed by atoms with Crippen LogP contribution in [0.2, 0.25) is 0 Å². The average molecular weight is 334 g/mol. The quantitative estimate of drug-likeness (QED) is 0.902. The zero-order valence-electron chi connectivity index (χ0n) is 10.4. The number of halogens is 2. The predicted octanol–water partition coefficient (Wildman–Crippen LogP) is 2.69. The van der Waals surface area contributed by atoms with Gasteiger partial charge in [-0.3, -0.25) is 4.79 Å². The van der Waals surface area contributed by atoms with Crippen LogP contribution in [0.15, 0.2) is 28.7 Å². The Labute approximate surface area is 122 Å².